The van der Waals surface area contributed by atoms with Crippen LogP contribution in [-0.2, 0) is 0 Å². The zero-order valence-electron chi connectivity index (χ0n) is 12.3. The SMILES string of the molecule is c1ccc(OCCOc2nccnc2N2CCNCC2)nc1. The molecule has 0 spiro atoms. The summed E-state index contributed by atoms with van der Waals surface area (Å²) in [6.07, 6.45) is 5.02. The van der Waals surface area contributed by atoms with Crippen molar-refractivity contribution >= 4 is 5.82 Å². The molecule has 2 aromatic heterocycles. The van der Waals surface area contributed by atoms with Crippen LogP contribution in [0.3, 0.4) is 0 Å². The van der Waals surface area contributed by atoms with Crippen LogP contribution in [0.1, 0.15) is 0 Å². The summed E-state index contributed by atoms with van der Waals surface area (Å²) in [5.74, 6) is 1.93. The summed E-state index contributed by atoms with van der Waals surface area (Å²) in [4.78, 5) is 14.9. The highest BCUT2D eigenvalue weighted by Crippen LogP contribution is 2.22. The molecule has 1 fully saturated rings. The Hall–Kier alpha value is -2.41. The van der Waals surface area contributed by atoms with Gasteiger partial charge >= 0.3 is 0 Å². The summed E-state index contributed by atoms with van der Waals surface area (Å²) < 4.78 is 11.2. The quantitative estimate of drug-likeness (QED) is 0.789. The second kappa shape index (κ2) is 7.56. The van der Waals surface area contributed by atoms with E-state index in [0.717, 1.165) is 32.0 Å². The number of hydrogen-bond donors (Lipinski definition) is 1. The molecule has 3 rings (SSSR count). The fraction of sp³-hybridized carbons (Fsp3) is 0.400. The lowest BCUT2D eigenvalue weighted by atomic mass is 10.3. The van der Waals surface area contributed by atoms with Gasteiger partial charge in [-0.1, -0.05) is 6.07 Å². The molecule has 7 nitrogen and oxygen atoms in total. The predicted molar refractivity (Wildman–Crippen MR) is 82.3 cm³/mol. The van der Waals surface area contributed by atoms with Crippen LogP contribution in [0.4, 0.5) is 5.82 Å². The minimum Gasteiger partial charge on any atom is -0.474 e. The monoisotopic (exact) mass is 301 g/mol. The Balaban J connectivity index is 1.53. The van der Waals surface area contributed by atoms with Gasteiger partial charge in [-0.05, 0) is 6.07 Å². The number of rotatable bonds is 6. The fourth-order valence-corrected chi connectivity index (χ4v) is 2.23. The van der Waals surface area contributed by atoms with Gasteiger partial charge in [0.1, 0.15) is 13.2 Å². The van der Waals surface area contributed by atoms with Crippen LogP contribution in [0.5, 0.6) is 11.8 Å². The van der Waals surface area contributed by atoms with Gasteiger partial charge in [0.25, 0.3) is 5.88 Å². The fourth-order valence-electron chi connectivity index (χ4n) is 2.23. The third-order valence-electron chi connectivity index (χ3n) is 3.27. The molecule has 0 unspecified atom stereocenters. The van der Waals surface area contributed by atoms with Crippen LogP contribution in [0, 0.1) is 0 Å². The van der Waals surface area contributed by atoms with Crippen molar-refractivity contribution in [2.24, 2.45) is 0 Å². The molecule has 2 aromatic rings. The average Bonchev–Trinajstić information content (AvgIpc) is 2.61. The molecule has 7 heteroatoms. The molecule has 22 heavy (non-hydrogen) atoms. The number of nitrogens with zero attached hydrogens (tertiary/aromatic N) is 4. The molecule has 116 valence electrons. The average molecular weight is 301 g/mol. The normalized spacial score (nSPS) is 14.6. The number of anilines is 1. The summed E-state index contributed by atoms with van der Waals surface area (Å²) in [7, 11) is 0. The number of nitrogens with one attached hydrogen (secondary N) is 1. The highest BCUT2D eigenvalue weighted by molar-refractivity contribution is 5.48. The van der Waals surface area contributed by atoms with Crippen molar-refractivity contribution < 1.29 is 9.47 Å². The molecule has 1 aliphatic heterocycles. The Morgan fingerprint density at radius 2 is 1.77 bits per heavy atom. The first-order valence-corrected chi connectivity index (χ1v) is 7.37. The number of hydrogen-bond acceptors (Lipinski definition) is 7. The van der Waals surface area contributed by atoms with Gasteiger partial charge in [0.2, 0.25) is 5.88 Å². The lowest BCUT2D eigenvalue weighted by molar-refractivity contribution is 0.207. The smallest absolute Gasteiger partial charge is 0.257 e. The first-order valence-electron chi connectivity index (χ1n) is 7.37. The lowest BCUT2D eigenvalue weighted by Gasteiger charge is -2.28. The summed E-state index contributed by atoms with van der Waals surface area (Å²) in [5, 5.41) is 3.32. The van der Waals surface area contributed by atoms with E-state index in [9.17, 15) is 0 Å². The van der Waals surface area contributed by atoms with Crippen molar-refractivity contribution in [3.8, 4) is 11.8 Å². The van der Waals surface area contributed by atoms with Crippen molar-refractivity contribution in [3.63, 3.8) is 0 Å². The molecule has 0 aromatic carbocycles. The van der Waals surface area contributed by atoms with Crippen LogP contribution in [0.2, 0.25) is 0 Å². The molecule has 0 radical (unpaired) electrons. The molecule has 0 bridgehead atoms. The van der Waals surface area contributed by atoms with E-state index in [0.29, 0.717) is 25.0 Å². The first kappa shape index (κ1) is 14.5. The van der Waals surface area contributed by atoms with Crippen molar-refractivity contribution in [3.05, 3.63) is 36.8 Å². The Morgan fingerprint density at radius 3 is 2.59 bits per heavy atom. The van der Waals surface area contributed by atoms with Crippen molar-refractivity contribution in [1.82, 2.24) is 20.3 Å². The van der Waals surface area contributed by atoms with E-state index in [1.807, 2.05) is 18.2 Å². The van der Waals surface area contributed by atoms with Crippen molar-refractivity contribution in [1.29, 1.82) is 0 Å². The summed E-state index contributed by atoms with van der Waals surface area (Å²) in [6.45, 7) is 4.50. The van der Waals surface area contributed by atoms with Gasteiger partial charge in [-0.2, -0.15) is 0 Å². The van der Waals surface area contributed by atoms with E-state index in [-0.39, 0.29) is 0 Å². The van der Waals surface area contributed by atoms with E-state index in [2.05, 4.69) is 25.2 Å². The van der Waals surface area contributed by atoms with Gasteiger partial charge in [-0.15, -0.1) is 0 Å². The minimum absolute atomic E-state index is 0.397. The van der Waals surface area contributed by atoms with Crippen LogP contribution in [0.25, 0.3) is 0 Å². The Labute approximate surface area is 129 Å². The van der Waals surface area contributed by atoms with E-state index >= 15 is 0 Å². The molecule has 0 aliphatic carbocycles. The van der Waals surface area contributed by atoms with Gasteiger partial charge in [0, 0.05) is 50.8 Å². The highest BCUT2D eigenvalue weighted by atomic mass is 16.5. The second-order valence-electron chi connectivity index (χ2n) is 4.79. The summed E-state index contributed by atoms with van der Waals surface area (Å²) in [6, 6.07) is 5.55. The van der Waals surface area contributed by atoms with Crippen molar-refractivity contribution in [2.75, 3.05) is 44.3 Å². The van der Waals surface area contributed by atoms with Gasteiger partial charge < -0.3 is 19.7 Å². The molecule has 1 aliphatic rings. The van der Waals surface area contributed by atoms with Crippen LogP contribution < -0.4 is 19.7 Å². The zero-order chi connectivity index (χ0) is 15.0. The summed E-state index contributed by atoms with van der Waals surface area (Å²) in [5.41, 5.74) is 0. The number of piperazine rings is 1. The van der Waals surface area contributed by atoms with Gasteiger partial charge in [-0.25, -0.2) is 15.0 Å². The lowest BCUT2D eigenvalue weighted by Crippen LogP contribution is -2.44. The van der Waals surface area contributed by atoms with Gasteiger partial charge in [-0.3, -0.25) is 0 Å². The van der Waals surface area contributed by atoms with Crippen LogP contribution >= 0.6 is 0 Å². The van der Waals surface area contributed by atoms with E-state index < -0.39 is 0 Å². The summed E-state index contributed by atoms with van der Waals surface area (Å²) >= 11 is 0. The Bertz CT molecular complexity index is 575. The number of pyridine rings is 1. The molecule has 1 saturated heterocycles. The van der Waals surface area contributed by atoms with E-state index in [4.69, 9.17) is 9.47 Å². The largest absolute Gasteiger partial charge is 0.474 e. The standard InChI is InChI=1S/C15H19N5O2/c1-2-4-17-13(3-1)21-11-12-22-15-14(18-5-6-19-15)20-9-7-16-8-10-20/h1-6,16H,7-12H2. The molecule has 1 N–H and O–H groups in total. The number of ether oxygens (including phenoxy) is 2. The topological polar surface area (TPSA) is 72.4 Å². The molecule has 3 heterocycles. The van der Waals surface area contributed by atoms with Crippen molar-refractivity contribution in [2.45, 2.75) is 0 Å². The molecule has 0 atom stereocenters. The van der Waals surface area contributed by atoms with E-state index in [1.54, 1.807) is 18.6 Å². The Kier molecular flexibility index (Phi) is 4.99. The highest BCUT2D eigenvalue weighted by Gasteiger charge is 2.17. The molecule has 0 amide bonds. The zero-order valence-corrected chi connectivity index (χ0v) is 12.3. The maximum absolute atomic E-state index is 5.72. The van der Waals surface area contributed by atoms with Crippen LogP contribution in [0.15, 0.2) is 36.8 Å². The van der Waals surface area contributed by atoms with E-state index in [1.165, 1.54) is 0 Å². The van der Waals surface area contributed by atoms with Gasteiger partial charge in [0.05, 0.1) is 0 Å². The first-order chi connectivity index (χ1) is 10.9. The maximum atomic E-state index is 5.72. The van der Waals surface area contributed by atoms with Crippen LogP contribution in [-0.4, -0.2) is 54.3 Å². The van der Waals surface area contributed by atoms with Gasteiger partial charge in [0.15, 0.2) is 5.82 Å². The molecular formula is C15H19N5O2. The molecule has 0 saturated carbocycles. The minimum atomic E-state index is 0.397. The molecular weight excluding hydrogens is 282 g/mol. The third kappa shape index (κ3) is 3.82. The predicted octanol–water partition coefficient (Wildman–Crippen LogP) is 0.739. The third-order valence-corrected chi connectivity index (χ3v) is 3.27. The second-order valence-corrected chi connectivity index (χ2v) is 4.79. The Morgan fingerprint density at radius 1 is 0.955 bits per heavy atom. The number of aromatic nitrogens is 3. The maximum Gasteiger partial charge on any atom is 0.257 e.